The van der Waals surface area contributed by atoms with Crippen LogP contribution in [0.5, 0.6) is 5.88 Å². The Morgan fingerprint density at radius 3 is 2.69 bits per heavy atom. The number of carbonyl (C=O) groups excluding carboxylic acids is 1. The summed E-state index contributed by atoms with van der Waals surface area (Å²) in [7, 11) is 0. The zero-order valence-electron chi connectivity index (χ0n) is 15.9. The molecule has 0 spiro atoms. The van der Waals surface area contributed by atoms with E-state index < -0.39 is 0 Å². The lowest BCUT2D eigenvalue weighted by Crippen LogP contribution is -2.52. The Kier molecular flexibility index (Phi) is 7.46. The number of ether oxygens (including phenoxy) is 1. The number of piperidine rings is 1. The van der Waals surface area contributed by atoms with Crippen molar-refractivity contribution in [2.75, 3.05) is 44.2 Å². The molecule has 26 heavy (non-hydrogen) atoms. The van der Waals surface area contributed by atoms with Crippen molar-refractivity contribution in [3.05, 3.63) is 11.8 Å². The number of aryl methyl sites for hydroxylation is 1. The third-order valence-corrected chi connectivity index (χ3v) is 4.96. The number of hydrogen-bond acceptors (Lipinski definition) is 6. The van der Waals surface area contributed by atoms with E-state index in [0.717, 1.165) is 51.3 Å². The maximum Gasteiger partial charge on any atom is 0.228 e. The number of anilines is 1. The van der Waals surface area contributed by atoms with Gasteiger partial charge in [-0.25, -0.2) is 4.98 Å². The number of rotatable bonds is 4. The standard InChI is InChI=1S/C18H29N5O2.ClH/c1-4-25-16-12-14(3)20-18(21-16)23-9-7-22(8-10-23)17(24)15-5-6-19-13(2)11-15;/h12-13,15,19H,4-11H2,1-3H3;1H/t13-,15-;/m0./s1. The molecule has 0 bridgehead atoms. The highest BCUT2D eigenvalue weighted by atomic mass is 35.5. The first kappa shape index (κ1) is 20.7. The Balaban J connectivity index is 0.00000243. The SMILES string of the molecule is CCOc1cc(C)nc(N2CCN(C(=O)[C@H]3CCN[C@@H](C)C3)CC2)n1.Cl. The molecule has 3 heterocycles. The van der Waals surface area contributed by atoms with E-state index in [4.69, 9.17) is 4.74 Å². The molecule has 3 rings (SSSR count). The summed E-state index contributed by atoms with van der Waals surface area (Å²) in [5.74, 6) is 1.80. The number of piperazine rings is 1. The van der Waals surface area contributed by atoms with Gasteiger partial charge in [-0.15, -0.1) is 12.4 Å². The molecule has 0 aliphatic carbocycles. The molecule has 0 saturated carbocycles. The van der Waals surface area contributed by atoms with Crippen LogP contribution in [-0.4, -0.2) is 66.1 Å². The van der Waals surface area contributed by atoms with Gasteiger partial charge in [0.1, 0.15) is 0 Å². The minimum absolute atomic E-state index is 0. The Morgan fingerprint density at radius 1 is 1.31 bits per heavy atom. The van der Waals surface area contributed by atoms with Gasteiger partial charge in [0, 0.05) is 49.9 Å². The first-order valence-electron chi connectivity index (χ1n) is 9.32. The van der Waals surface area contributed by atoms with Crippen molar-refractivity contribution in [3.8, 4) is 5.88 Å². The average Bonchev–Trinajstić information content (AvgIpc) is 2.61. The van der Waals surface area contributed by atoms with Crippen molar-refractivity contribution < 1.29 is 9.53 Å². The highest BCUT2D eigenvalue weighted by molar-refractivity contribution is 5.85. The van der Waals surface area contributed by atoms with Gasteiger partial charge in [0.2, 0.25) is 17.7 Å². The van der Waals surface area contributed by atoms with Gasteiger partial charge in [-0.05, 0) is 40.2 Å². The molecule has 0 radical (unpaired) electrons. The Labute approximate surface area is 161 Å². The Morgan fingerprint density at radius 2 is 2.04 bits per heavy atom. The fourth-order valence-corrected chi connectivity index (χ4v) is 3.63. The maximum absolute atomic E-state index is 12.8. The number of nitrogens with one attached hydrogen (secondary N) is 1. The molecule has 0 aromatic carbocycles. The third-order valence-electron chi connectivity index (χ3n) is 4.96. The fraction of sp³-hybridized carbons (Fsp3) is 0.722. The van der Waals surface area contributed by atoms with Crippen molar-refractivity contribution in [1.82, 2.24) is 20.2 Å². The number of hydrogen-bond donors (Lipinski definition) is 1. The highest BCUT2D eigenvalue weighted by Gasteiger charge is 2.30. The summed E-state index contributed by atoms with van der Waals surface area (Å²) in [5, 5.41) is 3.41. The average molecular weight is 384 g/mol. The van der Waals surface area contributed by atoms with Crippen molar-refractivity contribution in [2.24, 2.45) is 5.92 Å². The summed E-state index contributed by atoms with van der Waals surface area (Å²) in [4.78, 5) is 25.9. The van der Waals surface area contributed by atoms with Gasteiger partial charge in [-0.1, -0.05) is 0 Å². The molecule has 2 aliphatic heterocycles. The van der Waals surface area contributed by atoms with Crippen LogP contribution in [0.1, 0.15) is 32.4 Å². The summed E-state index contributed by atoms with van der Waals surface area (Å²) in [5.41, 5.74) is 0.899. The summed E-state index contributed by atoms with van der Waals surface area (Å²) in [6.07, 6.45) is 1.89. The van der Waals surface area contributed by atoms with Crippen LogP contribution >= 0.6 is 12.4 Å². The minimum Gasteiger partial charge on any atom is -0.478 e. The predicted molar refractivity (Wildman–Crippen MR) is 104 cm³/mol. The molecule has 1 aromatic rings. The molecule has 1 aromatic heterocycles. The smallest absolute Gasteiger partial charge is 0.228 e. The monoisotopic (exact) mass is 383 g/mol. The zero-order valence-corrected chi connectivity index (χ0v) is 16.7. The summed E-state index contributed by atoms with van der Waals surface area (Å²) in [6, 6.07) is 2.28. The lowest BCUT2D eigenvalue weighted by molar-refractivity contribution is -0.137. The molecule has 0 unspecified atom stereocenters. The Hall–Kier alpha value is -1.60. The van der Waals surface area contributed by atoms with Gasteiger partial charge in [-0.3, -0.25) is 4.79 Å². The van der Waals surface area contributed by atoms with Gasteiger partial charge < -0.3 is 19.9 Å². The quantitative estimate of drug-likeness (QED) is 0.852. The van der Waals surface area contributed by atoms with E-state index in [0.29, 0.717) is 30.4 Å². The van der Waals surface area contributed by atoms with Crippen LogP contribution in [0.25, 0.3) is 0 Å². The molecule has 2 fully saturated rings. The van der Waals surface area contributed by atoms with Crippen LogP contribution in [0.4, 0.5) is 5.95 Å². The second-order valence-electron chi connectivity index (χ2n) is 6.97. The summed E-state index contributed by atoms with van der Waals surface area (Å²) >= 11 is 0. The summed E-state index contributed by atoms with van der Waals surface area (Å²) in [6.45, 7) is 10.6. The number of carbonyl (C=O) groups is 1. The van der Waals surface area contributed by atoms with Crippen molar-refractivity contribution >= 4 is 24.3 Å². The van der Waals surface area contributed by atoms with Crippen LogP contribution in [-0.2, 0) is 4.79 Å². The lowest BCUT2D eigenvalue weighted by atomic mass is 9.92. The van der Waals surface area contributed by atoms with Crippen molar-refractivity contribution in [3.63, 3.8) is 0 Å². The van der Waals surface area contributed by atoms with E-state index in [1.807, 2.05) is 24.8 Å². The maximum atomic E-state index is 12.8. The highest BCUT2D eigenvalue weighted by Crippen LogP contribution is 2.21. The first-order valence-corrected chi connectivity index (χ1v) is 9.32. The number of amides is 1. The second-order valence-corrected chi connectivity index (χ2v) is 6.97. The predicted octanol–water partition coefficient (Wildman–Crippen LogP) is 1.64. The molecular formula is C18H30ClN5O2. The van der Waals surface area contributed by atoms with Crippen LogP contribution < -0.4 is 15.0 Å². The van der Waals surface area contributed by atoms with E-state index >= 15 is 0 Å². The van der Waals surface area contributed by atoms with Crippen LogP contribution in [0.15, 0.2) is 6.07 Å². The van der Waals surface area contributed by atoms with Gasteiger partial charge >= 0.3 is 0 Å². The number of nitrogens with zero attached hydrogens (tertiary/aromatic N) is 4. The molecule has 8 heteroatoms. The number of aromatic nitrogens is 2. The van der Waals surface area contributed by atoms with E-state index in [9.17, 15) is 4.79 Å². The normalized spacial score (nSPS) is 23.3. The molecule has 2 aliphatic rings. The van der Waals surface area contributed by atoms with E-state index in [1.54, 1.807) is 0 Å². The van der Waals surface area contributed by atoms with Gasteiger partial charge in [-0.2, -0.15) is 4.98 Å². The third kappa shape index (κ3) is 4.98. The van der Waals surface area contributed by atoms with E-state index in [1.165, 1.54) is 0 Å². The van der Waals surface area contributed by atoms with Crippen LogP contribution in [0.2, 0.25) is 0 Å². The van der Waals surface area contributed by atoms with Crippen LogP contribution in [0.3, 0.4) is 0 Å². The van der Waals surface area contributed by atoms with E-state index in [-0.39, 0.29) is 18.3 Å². The number of halogens is 1. The van der Waals surface area contributed by atoms with Crippen molar-refractivity contribution in [2.45, 2.75) is 39.7 Å². The molecular weight excluding hydrogens is 354 g/mol. The van der Waals surface area contributed by atoms with Gasteiger partial charge in [0.15, 0.2) is 0 Å². The molecule has 1 amide bonds. The first-order chi connectivity index (χ1) is 12.1. The molecule has 1 N–H and O–H groups in total. The van der Waals surface area contributed by atoms with Crippen LogP contribution in [0, 0.1) is 12.8 Å². The molecule has 2 atom stereocenters. The molecule has 2 saturated heterocycles. The largest absolute Gasteiger partial charge is 0.478 e. The molecule has 7 nitrogen and oxygen atoms in total. The van der Waals surface area contributed by atoms with E-state index in [2.05, 4.69) is 27.1 Å². The zero-order chi connectivity index (χ0) is 17.8. The van der Waals surface area contributed by atoms with Gasteiger partial charge in [0.25, 0.3) is 0 Å². The van der Waals surface area contributed by atoms with Crippen molar-refractivity contribution in [1.29, 1.82) is 0 Å². The van der Waals surface area contributed by atoms with Gasteiger partial charge in [0.05, 0.1) is 6.61 Å². The second kappa shape index (κ2) is 9.37. The minimum atomic E-state index is 0. The lowest BCUT2D eigenvalue weighted by Gasteiger charge is -2.38. The Bertz CT molecular complexity index is 607. The molecule has 146 valence electrons. The summed E-state index contributed by atoms with van der Waals surface area (Å²) < 4.78 is 5.52. The topological polar surface area (TPSA) is 70.6 Å². The fourth-order valence-electron chi connectivity index (χ4n) is 3.63.